The molecule has 0 radical (unpaired) electrons. The van der Waals surface area contributed by atoms with Crippen LogP contribution >= 0.6 is 0 Å². The van der Waals surface area contributed by atoms with Gasteiger partial charge in [0.05, 0.1) is 7.11 Å². The maximum Gasteiger partial charge on any atom is 0.342 e. The fraction of sp³-hybridized carbons (Fsp3) is 0.250. The van der Waals surface area contributed by atoms with Crippen LogP contribution in [-0.2, 0) is 11.3 Å². The Hall–Kier alpha value is -2.75. The molecule has 128 valence electrons. The molecule has 0 amide bonds. The SMILES string of the molecule is C=CCOC(=O)c1ccccc1OCc1ccc(OC)cc1.CC. The maximum atomic E-state index is 12.0. The highest BCUT2D eigenvalue weighted by atomic mass is 16.5. The molecule has 0 aliphatic rings. The van der Waals surface area contributed by atoms with Crippen molar-refractivity contribution in [3.63, 3.8) is 0 Å². The molecule has 0 unspecified atom stereocenters. The molecule has 0 heterocycles. The summed E-state index contributed by atoms with van der Waals surface area (Å²) in [5, 5.41) is 0. The molecule has 0 aliphatic carbocycles. The lowest BCUT2D eigenvalue weighted by Gasteiger charge is -2.11. The van der Waals surface area contributed by atoms with Crippen molar-refractivity contribution in [2.24, 2.45) is 0 Å². The van der Waals surface area contributed by atoms with Crippen molar-refractivity contribution >= 4 is 5.97 Å². The molecule has 0 saturated heterocycles. The van der Waals surface area contributed by atoms with Crippen LogP contribution in [0.25, 0.3) is 0 Å². The Kier molecular flexibility index (Phi) is 8.76. The van der Waals surface area contributed by atoms with Gasteiger partial charge in [-0.1, -0.05) is 50.8 Å². The van der Waals surface area contributed by atoms with E-state index < -0.39 is 5.97 Å². The van der Waals surface area contributed by atoms with Crippen LogP contribution in [0.3, 0.4) is 0 Å². The van der Waals surface area contributed by atoms with Gasteiger partial charge in [0, 0.05) is 0 Å². The van der Waals surface area contributed by atoms with Gasteiger partial charge in [0.15, 0.2) is 0 Å². The topological polar surface area (TPSA) is 44.8 Å². The highest BCUT2D eigenvalue weighted by Crippen LogP contribution is 2.21. The van der Waals surface area contributed by atoms with Gasteiger partial charge in [0.25, 0.3) is 0 Å². The van der Waals surface area contributed by atoms with Gasteiger partial charge in [-0.05, 0) is 29.8 Å². The summed E-state index contributed by atoms with van der Waals surface area (Å²) in [7, 11) is 1.62. The summed E-state index contributed by atoms with van der Waals surface area (Å²) in [5.41, 5.74) is 1.38. The number of benzene rings is 2. The Morgan fingerprint density at radius 3 is 2.38 bits per heavy atom. The van der Waals surface area contributed by atoms with E-state index in [9.17, 15) is 4.79 Å². The van der Waals surface area contributed by atoms with Gasteiger partial charge in [-0.25, -0.2) is 4.79 Å². The van der Waals surface area contributed by atoms with Gasteiger partial charge in [-0.3, -0.25) is 0 Å². The van der Waals surface area contributed by atoms with Crippen molar-refractivity contribution < 1.29 is 19.0 Å². The first-order valence-corrected chi connectivity index (χ1v) is 7.87. The van der Waals surface area contributed by atoms with Crippen LogP contribution in [0.4, 0.5) is 0 Å². The Morgan fingerprint density at radius 2 is 1.75 bits per heavy atom. The van der Waals surface area contributed by atoms with Crippen molar-refractivity contribution in [3.8, 4) is 11.5 Å². The molecule has 0 aromatic heterocycles. The standard InChI is InChI=1S/C18H18O4.C2H6/c1-3-12-21-18(19)16-6-4-5-7-17(16)22-13-14-8-10-15(20-2)11-9-14;1-2/h3-11H,1,12-13H2,2H3;1-2H3. The van der Waals surface area contributed by atoms with Crippen LogP contribution in [0.2, 0.25) is 0 Å². The molecule has 0 spiro atoms. The van der Waals surface area contributed by atoms with Gasteiger partial charge >= 0.3 is 5.97 Å². The number of para-hydroxylation sites is 1. The van der Waals surface area contributed by atoms with E-state index in [-0.39, 0.29) is 6.61 Å². The van der Waals surface area contributed by atoms with E-state index in [4.69, 9.17) is 14.2 Å². The Bertz CT molecular complexity index is 632. The van der Waals surface area contributed by atoms with E-state index in [1.165, 1.54) is 6.08 Å². The smallest absolute Gasteiger partial charge is 0.342 e. The fourth-order valence-electron chi connectivity index (χ4n) is 1.86. The lowest BCUT2D eigenvalue weighted by Crippen LogP contribution is -2.08. The molecule has 0 N–H and O–H groups in total. The lowest BCUT2D eigenvalue weighted by molar-refractivity contribution is 0.0544. The maximum absolute atomic E-state index is 12.0. The number of hydrogen-bond donors (Lipinski definition) is 0. The van der Waals surface area contributed by atoms with Crippen LogP contribution in [0, 0.1) is 0 Å². The average molecular weight is 328 g/mol. The summed E-state index contributed by atoms with van der Waals surface area (Å²) >= 11 is 0. The first kappa shape index (κ1) is 19.3. The van der Waals surface area contributed by atoms with E-state index in [0.717, 1.165) is 11.3 Å². The van der Waals surface area contributed by atoms with Crippen LogP contribution in [-0.4, -0.2) is 19.7 Å². The molecule has 4 heteroatoms. The minimum atomic E-state index is -0.426. The summed E-state index contributed by atoms with van der Waals surface area (Å²) < 4.78 is 15.9. The first-order valence-electron chi connectivity index (χ1n) is 7.87. The minimum Gasteiger partial charge on any atom is -0.497 e. The normalized spacial score (nSPS) is 9.29. The number of ether oxygens (including phenoxy) is 3. The molecule has 0 fully saturated rings. The van der Waals surface area contributed by atoms with E-state index in [1.54, 1.807) is 25.3 Å². The summed E-state index contributed by atoms with van der Waals surface area (Å²) in [6.07, 6.45) is 1.53. The third-order valence-electron chi connectivity index (χ3n) is 2.99. The van der Waals surface area contributed by atoms with Crippen molar-refractivity contribution in [1.82, 2.24) is 0 Å². The monoisotopic (exact) mass is 328 g/mol. The highest BCUT2D eigenvalue weighted by Gasteiger charge is 2.13. The van der Waals surface area contributed by atoms with E-state index in [0.29, 0.717) is 17.9 Å². The van der Waals surface area contributed by atoms with Crippen LogP contribution in [0.1, 0.15) is 29.8 Å². The average Bonchev–Trinajstić information content (AvgIpc) is 2.66. The second kappa shape index (κ2) is 10.9. The number of carbonyl (C=O) groups excluding carboxylic acids is 1. The lowest BCUT2D eigenvalue weighted by atomic mass is 10.2. The zero-order valence-electron chi connectivity index (χ0n) is 14.5. The Labute approximate surface area is 143 Å². The van der Waals surface area contributed by atoms with Gasteiger partial charge in [0.1, 0.15) is 30.3 Å². The van der Waals surface area contributed by atoms with E-state index >= 15 is 0 Å². The molecular weight excluding hydrogens is 304 g/mol. The van der Waals surface area contributed by atoms with Crippen LogP contribution in [0.15, 0.2) is 61.2 Å². The minimum absolute atomic E-state index is 0.172. The number of esters is 1. The highest BCUT2D eigenvalue weighted by molar-refractivity contribution is 5.92. The molecule has 2 rings (SSSR count). The summed E-state index contributed by atoms with van der Waals surface area (Å²) in [5.74, 6) is 0.856. The zero-order chi connectivity index (χ0) is 17.8. The van der Waals surface area contributed by atoms with Gasteiger partial charge < -0.3 is 14.2 Å². The second-order valence-corrected chi connectivity index (χ2v) is 4.52. The van der Waals surface area contributed by atoms with Crippen molar-refractivity contribution in [1.29, 1.82) is 0 Å². The zero-order valence-corrected chi connectivity index (χ0v) is 14.5. The summed E-state index contributed by atoms with van der Waals surface area (Å²) in [6.45, 7) is 8.05. The third-order valence-corrected chi connectivity index (χ3v) is 2.99. The molecule has 24 heavy (non-hydrogen) atoms. The van der Waals surface area contributed by atoms with Crippen molar-refractivity contribution in [3.05, 3.63) is 72.3 Å². The number of rotatable bonds is 7. The first-order chi connectivity index (χ1) is 11.7. The molecule has 0 bridgehead atoms. The van der Waals surface area contributed by atoms with Crippen LogP contribution < -0.4 is 9.47 Å². The predicted molar refractivity (Wildman–Crippen MR) is 95.6 cm³/mol. The number of carbonyl (C=O) groups is 1. The van der Waals surface area contributed by atoms with Gasteiger partial charge in [-0.15, -0.1) is 0 Å². The summed E-state index contributed by atoms with van der Waals surface area (Å²) in [4.78, 5) is 12.0. The molecule has 2 aromatic rings. The quantitative estimate of drug-likeness (QED) is 0.548. The van der Waals surface area contributed by atoms with Crippen molar-refractivity contribution in [2.45, 2.75) is 20.5 Å². The van der Waals surface area contributed by atoms with Crippen molar-refractivity contribution in [2.75, 3.05) is 13.7 Å². The third kappa shape index (κ3) is 5.80. The molecule has 4 nitrogen and oxygen atoms in total. The van der Waals surface area contributed by atoms with E-state index in [2.05, 4.69) is 6.58 Å². The molecule has 0 saturated carbocycles. The Balaban J connectivity index is 0.00000139. The van der Waals surface area contributed by atoms with E-state index in [1.807, 2.05) is 44.2 Å². The molecular formula is C20H24O4. The number of hydrogen-bond acceptors (Lipinski definition) is 4. The predicted octanol–water partition coefficient (Wildman–Crippen LogP) is 4.64. The fourth-order valence-corrected chi connectivity index (χ4v) is 1.86. The van der Waals surface area contributed by atoms with Gasteiger partial charge in [0.2, 0.25) is 0 Å². The second-order valence-electron chi connectivity index (χ2n) is 4.52. The Morgan fingerprint density at radius 1 is 1.08 bits per heavy atom. The molecule has 0 aliphatic heterocycles. The summed E-state index contributed by atoms with van der Waals surface area (Å²) in [6, 6.07) is 14.6. The molecule has 2 aromatic carbocycles. The van der Waals surface area contributed by atoms with Gasteiger partial charge in [-0.2, -0.15) is 0 Å². The molecule has 0 atom stereocenters. The van der Waals surface area contributed by atoms with Crippen LogP contribution in [0.5, 0.6) is 11.5 Å². The number of methoxy groups -OCH3 is 1. The largest absolute Gasteiger partial charge is 0.497 e.